The van der Waals surface area contributed by atoms with E-state index in [1.807, 2.05) is 0 Å². The number of hydrogen-bond acceptors (Lipinski definition) is 13. The van der Waals surface area contributed by atoms with E-state index in [4.69, 9.17) is 11.5 Å². The van der Waals surface area contributed by atoms with Crippen LogP contribution >= 0.6 is 24.1 Å². The van der Waals surface area contributed by atoms with Gasteiger partial charge in [0.05, 0.1) is 40.1 Å². The monoisotopic (exact) mass is 482 g/mol. The molecule has 0 fully saturated rings. The summed E-state index contributed by atoms with van der Waals surface area (Å²) in [5.74, 6) is -0.157. The molecule has 0 amide bonds. The van der Waals surface area contributed by atoms with Crippen molar-refractivity contribution >= 4 is 57.6 Å². The molecule has 11 nitrogen and oxygen atoms in total. The maximum atomic E-state index is 10.4. The molecule has 152 valence electrons. The van der Waals surface area contributed by atoms with E-state index in [-0.39, 0.29) is 76.2 Å². The predicted octanol–water partition coefficient (Wildman–Crippen LogP) is -3.41. The number of azo groups is 1. The van der Waals surface area contributed by atoms with Crippen LogP contribution in [0.4, 0.5) is 22.7 Å². The maximum Gasteiger partial charge on any atom is 1.00 e. The zero-order valence-electron chi connectivity index (χ0n) is 16.3. The molecule has 0 spiro atoms. The van der Waals surface area contributed by atoms with Crippen LogP contribution in [0.1, 0.15) is 0 Å². The van der Waals surface area contributed by atoms with Crippen molar-refractivity contribution in [1.29, 1.82) is 0 Å². The maximum absolute atomic E-state index is 10.4. The number of phenolic OH excluding ortho intramolecular Hbond substituents is 1. The number of benzene rings is 3. The molecule has 5 N–H and O–H groups in total. The zero-order chi connectivity index (χ0) is 20.8. The van der Waals surface area contributed by atoms with Crippen LogP contribution in [0.2, 0.25) is 0 Å². The zero-order valence-corrected chi connectivity index (χ0v) is 21.9. The van der Waals surface area contributed by atoms with Gasteiger partial charge in [0.1, 0.15) is 17.1 Å². The molecule has 0 heterocycles. The number of anilines is 2. The van der Waals surface area contributed by atoms with Gasteiger partial charge in [-0.1, -0.05) is 6.07 Å². The SMILES string of the molecule is Nc1ccc(N=Nc2c(N)ccc3cc(SOO[O-])cc(O)c23)c(SOO[O-])c1.[Na+].[Na+]. The fourth-order valence-corrected chi connectivity index (χ4v) is 3.38. The molecule has 3 aromatic carbocycles. The van der Waals surface area contributed by atoms with Crippen molar-refractivity contribution in [3.63, 3.8) is 0 Å². The smallest absolute Gasteiger partial charge is 0.691 e. The minimum Gasteiger partial charge on any atom is -0.691 e. The average Bonchev–Trinajstić information content (AvgIpc) is 2.71. The largest absolute Gasteiger partial charge is 1.00 e. The Morgan fingerprint density at radius 3 is 2.29 bits per heavy atom. The van der Waals surface area contributed by atoms with Crippen molar-refractivity contribution in [1.82, 2.24) is 0 Å². The van der Waals surface area contributed by atoms with E-state index in [0.717, 1.165) is 0 Å². The van der Waals surface area contributed by atoms with E-state index in [0.29, 0.717) is 56.0 Å². The molecular weight excluding hydrogens is 470 g/mol. The fraction of sp³-hybridized carbons (Fsp3) is 0. The summed E-state index contributed by atoms with van der Waals surface area (Å²) in [6.07, 6.45) is 0. The number of rotatable bonds is 8. The number of fused-ring (bicyclic) bond motifs is 1. The summed E-state index contributed by atoms with van der Waals surface area (Å²) in [5, 5.41) is 46.3. The molecule has 0 atom stereocenters. The standard InChI is InChI=1S/C16H14N4O7S2.2Na/c17-9-2-4-12(14(6-9)29-27-25-23)19-20-16-11(18)3-1-8-5-10(28-26-24-22)7-13(21)15(8)16;;/h1-7,21-23H,17-18H2;;/q;2*+1/p-2. The quantitative estimate of drug-likeness (QED) is 0.0727. The molecule has 0 bridgehead atoms. The second kappa shape index (κ2) is 13.8. The third kappa shape index (κ3) is 7.45. The van der Waals surface area contributed by atoms with Crippen LogP contribution in [0.5, 0.6) is 5.75 Å². The summed E-state index contributed by atoms with van der Waals surface area (Å²) in [4.78, 5) is 0.798. The average molecular weight is 482 g/mol. The number of hydrogen-bond donors (Lipinski definition) is 3. The van der Waals surface area contributed by atoms with Gasteiger partial charge in [-0.05, 0) is 41.8 Å². The molecule has 15 heteroatoms. The Kier molecular flexibility index (Phi) is 12.7. The molecular formula is C16H12N4Na2O7S2. The van der Waals surface area contributed by atoms with Gasteiger partial charge in [-0.2, -0.15) is 8.67 Å². The number of nitrogens with zero attached hydrogens (tertiary/aromatic N) is 2. The molecule has 0 aliphatic carbocycles. The van der Waals surface area contributed by atoms with Gasteiger partial charge in [0, 0.05) is 10.6 Å². The van der Waals surface area contributed by atoms with Crippen molar-refractivity contribution in [2.45, 2.75) is 9.79 Å². The Morgan fingerprint density at radius 2 is 1.58 bits per heavy atom. The Bertz CT molecular complexity index is 1060. The first kappa shape index (κ1) is 28.4. The van der Waals surface area contributed by atoms with Gasteiger partial charge < -0.3 is 27.1 Å². The number of phenols is 1. The summed E-state index contributed by atoms with van der Waals surface area (Å²) in [5.41, 5.74) is 12.9. The molecule has 0 saturated heterocycles. The Balaban J connectivity index is 0.00000240. The summed E-state index contributed by atoms with van der Waals surface area (Å²) < 4.78 is 8.58. The van der Waals surface area contributed by atoms with E-state index in [9.17, 15) is 15.6 Å². The molecule has 0 aromatic heterocycles. The van der Waals surface area contributed by atoms with E-state index in [2.05, 4.69) is 29.0 Å². The van der Waals surface area contributed by atoms with Gasteiger partial charge in [0.2, 0.25) is 0 Å². The number of nitrogen functional groups attached to an aromatic ring is 2. The first-order chi connectivity index (χ1) is 14.0. The molecule has 31 heavy (non-hydrogen) atoms. The predicted molar refractivity (Wildman–Crippen MR) is 101 cm³/mol. The number of aromatic hydroxyl groups is 1. The van der Waals surface area contributed by atoms with Gasteiger partial charge in [-0.3, -0.25) is 10.1 Å². The third-order valence-corrected chi connectivity index (χ3v) is 4.81. The summed E-state index contributed by atoms with van der Waals surface area (Å²) in [7, 11) is 0. The Hall–Kier alpha value is -0.620. The Morgan fingerprint density at radius 1 is 0.871 bits per heavy atom. The molecule has 0 aliphatic rings. The fourth-order valence-electron chi connectivity index (χ4n) is 2.46. The van der Waals surface area contributed by atoms with E-state index >= 15 is 0 Å². The Labute approximate surface area is 228 Å². The van der Waals surface area contributed by atoms with Crippen molar-refractivity contribution < 1.29 is 93.5 Å². The van der Waals surface area contributed by atoms with Crippen molar-refractivity contribution in [3.05, 3.63) is 42.5 Å². The molecule has 3 aromatic rings. The van der Waals surface area contributed by atoms with Gasteiger partial charge in [-0.15, -0.1) is 10.2 Å². The first-order valence-corrected chi connectivity index (χ1v) is 9.14. The number of nitrogens with two attached hydrogens (primary N) is 2. The van der Waals surface area contributed by atoms with Crippen molar-refractivity contribution in [3.8, 4) is 5.75 Å². The third-order valence-electron chi connectivity index (χ3n) is 3.63. The van der Waals surface area contributed by atoms with Gasteiger partial charge in [-0.25, -0.2) is 0 Å². The molecule has 0 unspecified atom stereocenters. The summed E-state index contributed by atoms with van der Waals surface area (Å²) in [6, 6.07) is 10.9. The van der Waals surface area contributed by atoms with Crippen molar-refractivity contribution in [2.75, 3.05) is 11.5 Å². The topological polar surface area (TPSA) is 180 Å². The minimum atomic E-state index is -0.157. The van der Waals surface area contributed by atoms with Gasteiger partial charge in [0.25, 0.3) is 0 Å². The van der Waals surface area contributed by atoms with E-state index in [1.165, 1.54) is 12.1 Å². The van der Waals surface area contributed by atoms with Crippen LogP contribution in [0.25, 0.3) is 10.8 Å². The second-order valence-electron chi connectivity index (χ2n) is 5.41. The summed E-state index contributed by atoms with van der Waals surface area (Å²) in [6.45, 7) is 0. The molecule has 0 aliphatic heterocycles. The normalized spacial score (nSPS) is 10.8. The van der Waals surface area contributed by atoms with Crippen LogP contribution in [0.15, 0.2) is 62.5 Å². The van der Waals surface area contributed by atoms with Crippen LogP contribution < -0.4 is 81.1 Å². The summed E-state index contributed by atoms with van der Waals surface area (Å²) >= 11 is 1.25. The molecule has 3 rings (SSSR count). The van der Waals surface area contributed by atoms with E-state index in [1.54, 1.807) is 30.3 Å². The van der Waals surface area contributed by atoms with Crippen LogP contribution in [-0.4, -0.2) is 5.11 Å². The van der Waals surface area contributed by atoms with Gasteiger partial charge >= 0.3 is 59.1 Å². The van der Waals surface area contributed by atoms with Crippen LogP contribution in [-0.2, 0) is 18.7 Å². The van der Waals surface area contributed by atoms with Gasteiger partial charge in [0.15, 0.2) is 0 Å². The van der Waals surface area contributed by atoms with Crippen LogP contribution in [0, 0.1) is 0 Å². The van der Waals surface area contributed by atoms with Crippen LogP contribution in [0.3, 0.4) is 0 Å². The van der Waals surface area contributed by atoms with Crippen molar-refractivity contribution in [2.24, 2.45) is 10.2 Å². The van der Waals surface area contributed by atoms with E-state index < -0.39 is 0 Å². The molecule has 0 radical (unpaired) electrons. The minimum absolute atomic E-state index is 0. The second-order valence-corrected chi connectivity index (χ2v) is 6.93. The first-order valence-electron chi connectivity index (χ1n) is 7.66. The molecule has 0 saturated carbocycles.